The van der Waals surface area contributed by atoms with E-state index in [0.29, 0.717) is 0 Å². The standard InChI is InChI=1S/C15H21NO/c1-4-6-12-16(5-2)13-11-14-7-9-15(17-3)10-8-14/h7-10H,5,11-13H2,1-3H3. The average Bonchev–Trinajstić information content (AvgIpc) is 2.39. The van der Waals surface area contributed by atoms with Crippen molar-refractivity contribution in [3.8, 4) is 17.6 Å². The minimum Gasteiger partial charge on any atom is -0.497 e. The van der Waals surface area contributed by atoms with Crippen molar-refractivity contribution < 1.29 is 4.74 Å². The summed E-state index contributed by atoms with van der Waals surface area (Å²) in [7, 11) is 1.69. The maximum Gasteiger partial charge on any atom is 0.118 e. The van der Waals surface area contributed by atoms with E-state index in [9.17, 15) is 0 Å². The molecule has 0 amide bonds. The van der Waals surface area contributed by atoms with Crippen molar-refractivity contribution in [2.75, 3.05) is 26.7 Å². The molecule has 1 aromatic carbocycles. The number of hydrogen-bond donors (Lipinski definition) is 0. The summed E-state index contributed by atoms with van der Waals surface area (Å²) in [4.78, 5) is 2.35. The van der Waals surface area contributed by atoms with Crippen molar-refractivity contribution in [2.24, 2.45) is 0 Å². The number of likely N-dealkylation sites (N-methyl/N-ethyl adjacent to an activating group) is 1. The molecule has 0 heterocycles. The van der Waals surface area contributed by atoms with Crippen molar-refractivity contribution >= 4 is 0 Å². The number of rotatable bonds is 6. The molecule has 0 radical (unpaired) electrons. The van der Waals surface area contributed by atoms with E-state index >= 15 is 0 Å². The highest BCUT2D eigenvalue weighted by Gasteiger charge is 2.01. The molecule has 0 saturated carbocycles. The SMILES string of the molecule is CC#CCN(CC)CCc1ccc(OC)cc1. The highest BCUT2D eigenvalue weighted by atomic mass is 16.5. The van der Waals surface area contributed by atoms with Crippen LogP contribution in [0.5, 0.6) is 5.75 Å². The smallest absolute Gasteiger partial charge is 0.118 e. The summed E-state index contributed by atoms with van der Waals surface area (Å²) >= 11 is 0. The van der Waals surface area contributed by atoms with E-state index in [2.05, 4.69) is 35.8 Å². The largest absolute Gasteiger partial charge is 0.497 e. The van der Waals surface area contributed by atoms with Gasteiger partial charge in [0.25, 0.3) is 0 Å². The van der Waals surface area contributed by atoms with Crippen LogP contribution in [0.3, 0.4) is 0 Å². The Kier molecular flexibility index (Phi) is 6.21. The molecule has 0 aliphatic rings. The molecule has 0 spiro atoms. The molecule has 0 fully saturated rings. The second-order valence-electron chi connectivity index (χ2n) is 3.89. The van der Waals surface area contributed by atoms with Gasteiger partial charge >= 0.3 is 0 Å². The van der Waals surface area contributed by atoms with Crippen LogP contribution < -0.4 is 4.74 Å². The van der Waals surface area contributed by atoms with E-state index in [1.165, 1.54) is 5.56 Å². The van der Waals surface area contributed by atoms with Crippen LogP contribution in [0.2, 0.25) is 0 Å². The molecule has 1 aromatic rings. The van der Waals surface area contributed by atoms with Crippen LogP contribution >= 0.6 is 0 Å². The zero-order chi connectivity index (χ0) is 12.5. The minimum absolute atomic E-state index is 0.864. The minimum atomic E-state index is 0.864. The Labute approximate surface area is 105 Å². The Morgan fingerprint density at radius 1 is 1.24 bits per heavy atom. The second-order valence-corrected chi connectivity index (χ2v) is 3.89. The van der Waals surface area contributed by atoms with E-state index in [0.717, 1.165) is 31.8 Å². The Morgan fingerprint density at radius 2 is 1.94 bits per heavy atom. The first-order chi connectivity index (χ1) is 8.30. The van der Waals surface area contributed by atoms with E-state index < -0.39 is 0 Å². The fourth-order valence-electron chi connectivity index (χ4n) is 1.62. The fraction of sp³-hybridized carbons (Fsp3) is 0.467. The maximum atomic E-state index is 5.14. The first-order valence-electron chi connectivity index (χ1n) is 6.05. The van der Waals surface area contributed by atoms with Crippen LogP contribution in [0.1, 0.15) is 19.4 Å². The summed E-state index contributed by atoms with van der Waals surface area (Å²) in [6.07, 6.45) is 1.06. The molecule has 0 bridgehead atoms. The quantitative estimate of drug-likeness (QED) is 0.698. The number of methoxy groups -OCH3 is 1. The molecule has 0 aliphatic carbocycles. The first kappa shape index (κ1) is 13.6. The Bertz CT molecular complexity index is 372. The normalized spacial score (nSPS) is 9.88. The summed E-state index contributed by atoms with van der Waals surface area (Å²) in [6, 6.07) is 8.27. The molecule has 2 heteroatoms. The van der Waals surface area contributed by atoms with Gasteiger partial charge in [-0.1, -0.05) is 25.0 Å². The Morgan fingerprint density at radius 3 is 2.47 bits per heavy atom. The molecule has 1 rings (SSSR count). The zero-order valence-electron chi connectivity index (χ0n) is 11.0. The lowest BCUT2D eigenvalue weighted by Gasteiger charge is -2.17. The topological polar surface area (TPSA) is 12.5 Å². The highest BCUT2D eigenvalue weighted by molar-refractivity contribution is 5.27. The van der Waals surface area contributed by atoms with Crippen LogP contribution in [0.4, 0.5) is 0 Å². The molecule has 92 valence electrons. The number of ether oxygens (including phenoxy) is 1. The van der Waals surface area contributed by atoms with Crippen molar-refractivity contribution in [2.45, 2.75) is 20.3 Å². The lowest BCUT2D eigenvalue weighted by Crippen LogP contribution is -2.26. The summed E-state index contributed by atoms with van der Waals surface area (Å²) < 4.78 is 5.14. The van der Waals surface area contributed by atoms with Gasteiger partial charge < -0.3 is 4.74 Å². The highest BCUT2D eigenvalue weighted by Crippen LogP contribution is 2.11. The number of hydrogen-bond acceptors (Lipinski definition) is 2. The van der Waals surface area contributed by atoms with Gasteiger partial charge in [-0.2, -0.15) is 0 Å². The molecule has 17 heavy (non-hydrogen) atoms. The third kappa shape index (κ3) is 4.93. The van der Waals surface area contributed by atoms with Gasteiger partial charge in [0.2, 0.25) is 0 Å². The van der Waals surface area contributed by atoms with E-state index in [1.807, 2.05) is 19.1 Å². The molecule has 0 saturated heterocycles. The van der Waals surface area contributed by atoms with Crippen molar-refractivity contribution in [1.29, 1.82) is 0 Å². The van der Waals surface area contributed by atoms with E-state index in [1.54, 1.807) is 7.11 Å². The van der Waals surface area contributed by atoms with Gasteiger partial charge in [0.1, 0.15) is 5.75 Å². The number of benzene rings is 1. The molecule has 2 nitrogen and oxygen atoms in total. The molecular formula is C15H21NO. The molecular weight excluding hydrogens is 210 g/mol. The Hall–Kier alpha value is -1.46. The number of nitrogens with zero attached hydrogens (tertiary/aromatic N) is 1. The second kappa shape index (κ2) is 7.76. The molecule has 0 aromatic heterocycles. The van der Waals surface area contributed by atoms with Gasteiger partial charge in [0, 0.05) is 6.54 Å². The zero-order valence-corrected chi connectivity index (χ0v) is 11.0. The third-order valence-corrected chi connectivity index (χ3v) is 2.80. The van der Waals surface area contributed by atoms with Crippen molar-refractivity contribution in [3.63, 3.8) is 0 Å². The van der Waals surface area contributed by atoms with Crippen molar-refractivity contribution in [1.82, 2.24) is 4.90 Å². The van der Waals surface area contributed by atoms with Gasteiger partial charge in [-0.3, -0.25) is 4.90 Å². The predicted molar refractivity (Wildman–Crippen MR) is 72.3 cm³/mol. The fourth-order valence-corrected chi connectivity index (χ4v) is 1.62. The predicted octanol–water partition coefficient (Wildman–Crippen LogP) is 2.58. The van der Waals surface area contributed by atoms with Gasteiger partial charge in [-0.05, 0) is 37.6 Å². The molecule has 0 unspecified atom stereocenters. The van der Waals surface area contributed by atoms with E-state index in [4.69, 9.17) is 4.74 Å². The van der Waals surface area contributed by atoms with Gasteiger partial charge in [-0.25, -0.2) is 0 Å². The summed E-state index contributed by atoms with van der Waals surface area (Å²) in [6.45, 7) is 7.02. The van der Waals surface area contributed by atoms with Crippen LogP contribution in [0, 0.1) is 11.8 Å². The van der Waals surface area contributed by atoms with Crippen LogP contribution in [-0.2, 0) is 6.42 Å². The van der Waals surface area contributed by atoms with Crippen LogP contribution in [0.15, 0.2) is 24.3 Å². The van der Waals surface area contributed by atoms with Crippen molar-refractivity contribution in [3.05, 3.63) is 29.8 Å². The van der Waals surface area contributed by atoms with Crippen LogP contribution in [-0.4, -0.2) is 31.6 Å². The van der Waals surface area contributed by atoms with E-state index in [-0.39, 0.29) is 0 Å². The average molecular weight is 231 g/mol. The molecule has 0 aliphatic heterocycles. The van der Waals surface area contributed by atoms with Crippen LogP contribution in [0.25, 0.3) is 0 Å². The summed E-state index contributed by atoms with van der Waals surface area (Å²) in [5.41, 5.74) is 1.34. The maximum absolute atomic E-state index is 5.14. The summed E-state index contributed by atoms with van der Waals surface area (Å²) in [5.74, 6) is 6.96. The van der Waals surface area contributed by atoms with Gasteiger partial charge in [0.15, 0.2) is 0 Å². The van der Waals surface area contributed by atoms with Gasteiger partial charge in [-0.15, -0.1) is 5.92 Å². The molecule has 0 N–H and O–H groups in total. The Balaban J connectivity index is 2.43. The lowest BCUT2D eigenvalue weighted by atomic mass is 10.1. The molecule has 0 atom stereocenters. The third-order valence-electron chi connectivity index (χ3n) is 2.80. The van der Waals surface area contributed by atoms with Gasteiger partial charge in [0.05, 0.1) is 13.7 Å². The lowest BCUT2D eigenvalue weighted by molar-refractivity contribution is 0.328. The summed E-state index contributed by atoms with van der Waals surface area (Å²) in [5, 5.41) is 0. The monoisotopic (exact) mass is 231 g/mol. The first-order valence-corrected chi connectivity index (χ1v) is 6.05.